The standard InChI is InChI=1S/C17H16ClFN2O4S/c18-12-1-3-13(4-2-12)20-17(22)15-11-14(5-6-16(15)19)26(23,24)21-7-9-25-10-8-21/h1-6,11H,7-10H2,(H,20,22). The molecule has 0 radical (unpaired) electrons. The fourth-order valence-electron chi connectivity index (χ4n) is 2.51. The fourth-order valence-corrected chi connectivity index (χ4v) is 4.07. The average molecular weight is 399 g/mol. The van der Waals surface area contributed by atoms with E-state index in [2.05, 4.69) is 5.32 Å². The van der Waals surface area contributed by atoms with Crippen molar-refractivity contribution in [3.63, 3.8) is 0 Å². The molecule has 1 saturated heterocycles. The minimum Gasteiger partial charge on any atom is -0.379 e. The summed E-state index contributed by atoms with van der Waals surface area (Å²) in [5.74, 6) is -1.55. The first-order valence-corrected chi connectivity index (χ1v) is 9.64. The second-order valence-electron chi connectivity index (χ2n) is 5.62. The number of sulfonamides is 1. The highest BCUT2D eigenvalue weighted by Gasteiger charge is 2.27. The largest absolute Gasteiger partial charge is 0.379 e. The lowest BCUT2D eigenvalue weighted by molar-refractivity contribution is 0.0730. The van der Waals surface area contributed by atoms with Crippen molar-refractivity contribution in [1.82, 2.24) is 4.31 Å². The Bertz CT molecular complexity index is 913. The van der Waals surface area contributed by atoms with Gasteiger partial charge in [-0.2, -0.15) is 4.31 Å². The number of carbonyl (C=O) groups is 1. The molecule has 6 nitrogen and oxygen atoms in total. The number of nitrogens with one attached hydrogen (secondary N) is 1. The van der Waals surface area contributed by atoms with Crippen molar-refractivity contribution < 1.29 is 22.3 Å². The molecule has 0 aliphatic carbocycles. The minimum atomic E-state index is -3.82. The number of nitrogens with zero attached hydrogens (tertiary/aromatic N) is 1. The second kappa shape index (κ2) is 7.71. The first-order chi connectivity index (χ1) is 12.4. The third kappa shape index (κ3) is 4.04. The molecule has 1 heterocycles. The Morgan fingerprint density at radius 1 is 1.12 bits per heavy atom. The summed E-state index contributed by atoms with van der Waals surface area (Å²) in [6, 6.07) is 9.45. The summed E-state index contributed by atoms with van der Waals surface area (Å²) in [4.78, 5) is 12.2. The molecule has 9 heteroatoms. The van der Waals surface area contributed by atoms with Crippen LogP contribution in [0.25, 0.3) is 0 Å². The molecule has 26 heavy (non-hydrogen) atoms. The number of hydrogen-bond donors (Lipinski definition) is 1. The van der Waals surface area contributed by atoms with Crippen LogP contribution in [-0.4, -0.2) is 44.9 Å². The molecule has 0 atom stereocenters. The lowest BCUT2D eigenvalue weighted by atomic mass is 10.2. The van der Waals surface area contributed by atoms with Crippen LogP contribution in [-0.2, 0) is 14.8 Å². The van der Waals surface area contributed by atoms with Crippen LogP contribution in [0.15, 0.2) is 47.4 Å². The van der Waals surface area contributed by atoms with Gasteiger partial charge in [-0.15, -0.1) is 0 Å². The lowest BCUT2D eigenvalue weighted by Crippen LogP contribution is -2.40. The Morgan fingerprint density at radius 3 is 2.42 bits per heavy atom. The summed E-state index contributed by atoms with van der Waals surface area (Å²) in [6.45, 7) is 1.02. The monoisotopic (exact) mass is 398 g/mol. The number of hydrogen-bond acceptors (Lipinski definition) is 4. The molecular formula is C17H16ClFN2O4S. The van der Waals surface area contributed by atoms with Crippen molar-refractivity contribution in [3.05, 3.63) is 58.9 Å². The Kier molecular flexibility index (Phi) is 5.57. The van der Waals surface area contributed by atoms with E-state index in [1.54, 1.807) is 24.3 Å². The van der Waals surface area contributed by atoms with Crippen LogP contribution in [0.3, 0.4) is 0 Å². The van der Waals surface area contributed by atoms with Crippen LogP contribution in [0, 0.1) is 5.82 Å². The summed E-state index contributed by atoms with van der Waals surface area (Å²) >= 11 is 5.78. The zero-order chi connectivity index (χ0) is 18.7. The molecule has 1 amide bonds. The van der Waals surface area contributed by atoms with Crippen molar-refractivity contribution in [2.45, 2.75) is 4.90 Å². The highest BCUT2D eigenvalue weighted by atomic mass is 35.5. The fraction of sp³-hybridized carbons (Fsp3) is 0.235. The van der Waals surface area contributed by atoms with Gasteiger partial charge in [-0.1, -0.05) is 11.6 Å². The van der Waals surface area contributed by atoms with Crippen LogP contribution in [0.2, 0.25) is 5.02 Å². The summed E-state index contributed by atoms with van der Waals surface area (Å²) in [7, 11) is -3.82. The highest BCUT2D eigenvalue weighted by Crippen LogP contribution is 2.21. The molecule has 0 spiro atoms. The van der Waals surface area contributed by atoms with Crippen LogP contribution in [0.1, 0.15) is 10.4 Å². The van der Waals surface area contributed by atoms with Gasteiger partial charge in [0.15, 0.2) is 0 Å². The third-order valence-electron chi connectivity index (χ3n) is 3.89. The molecule has 1 N–H and O–H groups in total. The van der Waals surface area contributed by atoms with E-state index in [1.165, 1.54) is 4.31 Å². The van der Waals surface area contributed by atoms with Gasteiger partial charge in [-0.05, 0) is 42.5 Å². The number of amides is 1. The SMILES string of the molecule is O=C(Nc1ccc(Cl)cc1)c1cc(S(=O)(=O)N2CCOCC2)ccc1F. The van der Waals surface area contributed by atoms with Crippen molar-refractivity contribution >= 4 is 33.2 Å². The number of benzene rings is 2. The number of halogens is 2. The maximum Gasteiger partial charge on any atom is 0.258 e. The number of ether oxygens (including phenoxy) is 1. The molecule has 1 aliphatic heterocycles. The summed E-state index contributed by atoms with van der Waals surface area (Å²) in [6.07, 6.45) is 0. The molecule has 3 rings (SSSR count). The Balaban J connectivity index is 1.87. The van der Waals surface area contributed by atoms with Crippen molar-refractivity contribution in [3.8, 4) is 0 Å². The van der Waals surface area contributed by atoms with Gasteiger partial charge in [0.05, 0.1) is 23.7 Å². The quantitative estimate of drug-likeness (QED) is 0.859. The van der Waals surface area contributed by atoms with E-state index in [4.69, 9.17) is 16.3 Å². The van der Waals surface area contributed by atoms with Crippen molar-refractivity contribution in [1.29, 1.82) is 0 Å². The molecule has 2 aromatic rings. The van der Waals surface area contributed by atoms with E-state index in [9.17, 15) is 17.6 Å². The predicted molar refractivity (Wildman–Crippen MR) is 95.4 cm³/mol. The molecule has 0 bridgehead atoms. The Morgan fingerprint density at radius 2 is 1.77 bits per heavy atom. The van der Waals surface area contributed by atoms with Crippen LogP contribution < -0.4 is 5.32 Å². The topological polar surface area (TPSA) is 75.7 Å². The van der Waals surface area contributed by atoms with E-state index < -0.39 is 21.7 Å². The number of carbonyl (C=O) groups excluding carboxylic acids is 1. The maximum absolute atomic E-state index is 14.1. The minimum absolute atomic E-state index is 0.137. The van der Waals surface area contributed by atoms with E-state index in [0.29, 0.717) is 23.9 Å². The van der Waals surface area contributed by atoms with Crippen molar-refractivity contribution in [2.24, 2.45) is 0 Å². The first-order valence-electron chi connectivity index (χ1n) is 7.82. The summed E-state index contributed by atoms with van der Waals surface area (Å²) in [5, 5.41) is 3.01. The van der Waals surface area contributed by atoms with E-state index in [0.717, 1.165) is 18.2 Å². The number of rotatable bonds is 4. The molecule has 1 aliphatic rings. The van der Waals surface area contributed by atoms with Gasteiger partial charge in [-0.25, -0.2) is 12.8 Å². The van der Waals surface area contributed by atoms with Gasteiger partial charge in [0, 0.05) is 23.8 Å². The zero-order valence-corrected chi connectivity index (χ0v) is 15.2. The molecule has 0 unspecified atom stereocenters. The molecule has 2 aromatic carbocycles. The summed E-state index contributed by atoms with van der Waals surface area (Å²) < 4.78 is 45.8. The number of anilines is 1. The first kappa shape index (κ1) is 18.8. The molecule has 138 valence electrons. The normalized spacial score (nSPS) is 15.6. The smallest absolute Gasteiger partial charge is 0.258 e. The second-order valence-corrected chi connectivity index (χ2v) is 7.99. The average Bonchev–Trinajstić information content (AvgIpc) is 2.64. The van der Waals surface area contributed by atoms with Crippen LogP contribution >= 0.6 is 11.6 Å². The zero-order valence-electron chi connectivity index (χ0n) is 13.6. The Labute approximate surface area is 155 Å². The lowest BCUT2D eigenvalue weighted by Gasteiger charge is -2.26. The van der Waals surface area contributed by atoms with E-state index >= 15 is 0 Å². The molecule has 1 fully saturated rings. The van der Waals surface area contributed by atoms with Crippen LogP contribution in [0.5, 0.6) is 0 Å². The predicted octanol–water partition coefficient (Wildman–Crippen LogP) is 2.75. The third-order valence-corrected chi connectivity index (χ3v) is 6.04. The van der Waals surface area contributed by atoms with E-state index in [1.807, 2.05) is 0 Å². The number of morpholine rings is 1. The van der Waals surface area contributed by atoms with Gasteiger partial charge in [0.25, 0.3) is 5.91 Å². The van der Waals surface area contributed by atoms with Gasteiger partial charge < -0.3 is 10.1 Å². The highest BCUT2D eigenvalue weighted by molar-refractivity contribution is 7.89. The summed E-state index contributed by atoms with van der Waals surface area (Å²) in [5.41, 5.74) is 0.0644. The van der Waals surface area contributed by atoms with Gasteiger partial charge in [-0.3, -0.25) is 4.79 Å². The van der Waals surface area contributed by atoms with Gasteiger partial charge in [0.2, 0.25) is 10.0 Å². The Hall–Kier alpha value is -2.00. The van der Waals surface area contributed by atoms with Crippen molar-refractivity contribution in [2.75, 3.05) is 31.6 Å². The molecular weight excluding hydrogens is 383 g/mol. The molecule has 0 aromatic heterocycles. The van der Waals surface area contributed by atoms with Crippen LogP contribution in [0.4, 0.5) is 10.1 Å². The maximum atomic E-state index is 14.1. The molecule has 0 saturated carbocycles. The van der Waals surface area contributed by atoms with Gasteiger partial charge >= 0.3 is 0 Å². The van der Waals surface area contributed by atoms with E-state index in [-0.39, 0.29) is 23.5 Å². The van der Waals surface area contributed by atoms with Gasteiger partial charge in [0.1, 0.15) is 5.82 Å².